The molecule has 3 aliphatic rings. The zero-order chi connectivity index (χ0) is 23.8. The molecule has 35 heavy (non-hydrogen) atoms. The van der Waals surface area contributed by atoms with E-state index in [4.69, 9.17) is 16.1 Å². The van der Waals surface area contributed by atoms with Gasteiger partial charge < -0.3 is 9.42 Å². The van der Waals surface area contributed by atoms with Crippen molar-refractivity contribution in [3.8, 4) is 17.3 Å². The highest BCUT2D eigenvalue weighted by Gasteiger charge is 2.43. The highest BCUT2D eigenvalue weighted by atomic mass is 35.5. The van der Waals surface area contributed by atoms with Crippen LogP contribution in [-0.4, -0.2) is 53.8 Å². The number of carbonyl (C=O) groups excluding carboxylic acids is 3. The molecule has 0 spiro atoms. The molecule has 0 N–H and O–H groups in total. The molecule has 1 fully saturated rings. The lowest BCUT2D eigenvalue weighted by Gasteiger charge is -2.39. The van der Waals surface area contributed by atoms with E-state index < -0.39 is 11.8 Å². The van der Waals surface area contributed by atoms with Crippen LogP contribution in [0.1, 0.15) is 55.1 Å². The monoisotopic (exact) mass is 486 g/mol. The van der Waals surface area contributed by atoms with Crippen molar-refractivity contribution in [2.75, 3.05) is 6.54 Å². The molecule has 1 saturated heterocycles. The van der Waals surface area contributed by atoms with Gasteiger partial charge in [0.1, 0.15) is 6.33 Å². The summed E-state index contributed by atoms with van der Waals surface area (Å²) in [5.41, 5.74) is 2.97. The van der Waals surface area contributed by atoms with E-state index in [-0.39, 0.29) is 30.2 Å². The number of halogens is 1. The lowest BCUT2D eigenvalue weighted by Crippen LogP contribution is -2.44. The molecule has 5 heterocycles. The summed E-state index contributed by atoms with van der Waals surface area (Å²) in [5, 5.41) is 4.37. The van der Waals surface area contributed by atoms with Crippen molar-refractivity contribution in [2.45, 2.75) is 19.0 Å². The number of hydrogen-bond acceptors (Lipinski definition) is 7. The van der Waals surface area contributed by atoms with Crippen LogP contribution in [0.5, 0.6) is 0 Å². The minimum atomic E-state index is -0.398. The van der Waals surface area contributed by atoms with E-state index in [0.717, 1.165) is 17.0 Å². The maximum Gasteiger partial charge on any atom is 0.278 e. The molecule has 10 nitrogen and oxygen atoms in total. The third-order valence-corrected chi connectivity index (χ3v) is 7.03. The quantitative estimate of drug-likeness (QED) is 0.408. The standard InChI is InChI=1S/C24H15ClN6O4/c25-14-6-3-7-15-18(14)24(34)29-9-8-16(29)20-19(26-11-31(15)20)21-27-17(28-35-21)10-30-22(32)12-4-1-2-5-13(12)23(30)33/h1-7,11,16H,8-10H2/t16-/m0/s1. The van der Waals surface area contributed by atoms with Gasteiger partial charge in [0.15, 0.2) is 11.5 Å². The second kappa shape index (κ2) is 7.09. The molecule has 7 rings (SSSR count). The predicted molar refractivity (Wildman–Crippen MR) is 121 cm³/mol. The summed E-state index contributed by atoms with van der Waals surface area (Å²) < 4.78 is 7.34. The Morgan fingerprint density at radius 1 is 1.00 bits per heavy atom. The summed E-state index contributed by atoms with van der Waals surface area (Å²) in [4.78, 5) is 50.4. The summed E-state index contributed by atoms with van der Waals surface area (Å²) in [6.07, 6.45) is 2.37. The van der Waals surface area contributed by atoms with E-state index in [9.17, 15) is 14.4 Å². The second-order valence-corrected chi connectivity index (χ2v) is 8.95. The summed E-state index contributed by atoms with van der Waals surface area (Å²) >= 11 is 6.40. The molecular weight excluding hydrogens is 472 g/mol. The fraction of sp³-hybridized carbons (Fsp3) is 0.167. The van der Waals surface area contributed by atoms with Crippen molar-refractivity contribution in [3.05, 3.63) is 82.0 Å². The number of nitrogens with zero attached hydrogens (tertiary/aromatic N) is 6. The summed E-state index contributed by atoms with van der Waals surface area (Å²) in [6.45, 7) is 0.478. The van der Waals surface area contributed by atoms with Crippen molar-refractivity contribution < 1.29 is 18.9 Å². The van der Waals surface area contributed by atoms with E-state index >= 15 is 0 Å². The lowest BCUT2D eigenvalue weighted by atomic mass is 9.97. The van der Waals surface area contributed by atoms with Gasteiger partial charge in [-0.15, -0.1) is 0 Å². The van der Waals surface area contributed by atoms with Gasteiger partial charge >= 0.3 is 0 Å². The number of imide groups is 1. The van der Waals surface area contributed by atoms with Crippen LogP contribution in [0.4, 0.5) is 0 Å². The number of imidazole rings is 1. The third-order valence-electron chi connectivity index (χ3n) is 6.71. The fourth-order valence-corrected chi connectivity index (χ4v) is 5.21. The van der Waals surface area contributed by atoms with Gasteiger partial charge in [0, 0.05) is 6.54 Å². The average Bonchev–Trinajstić information content (AvgIpc) is 3.51. The van der Waals surface area contributed by atoms with Crippen molar-refractivity contribution in [1.29, 1.82) is 0 Å². The molecule has 172 valence electrons. The smallest absolute Gasteiger partial charge is 0.278 e. The first-order valence-electron chi connectivity index (χ1n) is 11.0. The van der Waals surface area contributed by atoms with E-state index in [1.807, 2.05) is 10.6 Å². The van der Waals surface area contributed by atoms with Crippen molar-refractivity contribution >= 4 is 29.3 Å². The molecule has 0 radical (unpaired) electrons. The number of benzene rings is 2. The number of amides is 3. The highest BCUT2D eigenvalue weighted by molar-refractivity contribution is 6.34. The van der Waals surface area contributed by atoms with Gasteiger partial charge in [0.05, 0.1) is 45.7 Å². The molecule has 0 unspecified atom stereocenters. The molecule has 1 atom stereocenters. The Morgan fingerprint density at radius 3 is 2.49 bits per heavy atom. The molecule has 2 aromatic heterocycles. The molecule has 0 saturated carbocycles. The minimum Gasteiger partial charge on any atom is -0.332 e. The minimum absolute atomic E-state index is 0.127. The number of rotatable bonds is 3. The predicted octanol–water partition coefficient (Wildman–Crippen LogP) is 3.27. The Labute approximate surface area is 202 Å². The molecule has 11 heteroatoms. The number of aromatic nitrogens is 4. The topological polar surface area (TPSA) is 114 Å². The van der Waals surface area contributed by atoms with Crippen LogP contribution in [0.25, 0.3) is 17.3 Å². The number of fused-ring (bicyclic) bond motifs is 6. The van der Waals surface area contributed by atoms with Crippen LogP contribution in [-0.2, 0) is 6.54 Å². The van der Waals surface area contributed by atoms with Crippen LogP contribution >= 0.6 is 11.6 Å². The van der Waals surface area contributed by atoms with E-state index in [1.54, 1.807) is 47.6 Å². The van der Waals surface area contributed by atoms with Crippen LogP contribution in [0.3, 0.4) is 0 Å². The highest BCUT2D eigenvalue weighted by Crippen LogP contribution is 2.44. The zero-order valence-corrected chi connectivity index (χ0v) is 18.8. The zero-order valence-electron chi connectivity index (χ0n) is 18.0. The summed E-state index contributed by atoms with van der Waals surface area (Å²) in [6, 6.07) is 11.7. The Morgan fingerprint density at radius 2 is 1.77 bits per heavy atom. The molecule has 0 aliphatic carbocycles. The molecule has 3 amide bonds. The van der Waals surface area contributed by atoms with Gasteiger partial charge in [0.2, 0.25) is 0 Å². The van der Waals surface area contributed by atoms with Gasteiger partial charge in [0.25, 0.3) is 23.6 Å². The van der Waals surface area contributed by atoms with Crippen LogP contribution in [0.15, 0.2) is 53.3 Å². The molecule has 3 aliphatic heterocycles. The summed E-state index contributed by atoms with van der Waals surface area (Å²) in [5.74, 6) is -0.604. The van der Waals surface area contributed by atoms with E-state index in [2.05, 4.69) is 15.1 Å². The lowest BCUT2D eigenvalue weighted by molar-refractivity contribution is 0.0461. The first-order chi connectivity index (χ1) is 17.0. The van der Waals surface area contributed by atoms with Gasteiger partial charge in [-0.3, -0.25) is 23.9 Å². The first-order valence-corrected chi connectivity index (χ1v) is 11.4. The van der Waals surface area contributed by atoms with Gasteiger partial charge in [-0.1, -0.05) is 35.0 Å². The fourth-order valence-electron chi connectivity index (χ4n) is 4.96. The SMILES string of the molecule is O=C1c2ccccc2C(=O)N1Cc1noc(-c2ncn3c2[C@@H]2CCN2C(=O)c2c(Cl)cccc2-3)n1. The Hall–Kier alpha value is -4.31. The van der Waals surface area contributed by atoms with Crippen molar-refractivity contribution in [2.24, 2.45) is 0 Å². The maximum absolute atomic E-state index is 13.2. The average molecular weight is 487 g/mol. The number of hydrogen-bond donors (Lipinski definition) is 0. The first kappa shape index (κ1) is 20.1. The van der Waals surface area contributed by atoms with E-state index in [0.29, 0.717) is 39.6 Å². The van der Waals surface area contributed by atoms with Crippen LogP contribution in [0.2, 0.25) is 5.02 Å². The van der Waals surface area contributed by atoms with Crippen molar-refractivity contribution in [3.63, 3.8) is 0 Å². The van der Waals surface area contributed by atoms with E-state index in [1.165, 1.54) is 0 Å². The van der Waals surface area contributed by atoms with Crippen molar-refractivity contribution in [1.82, 2.24) is 29.5 Å². The van der Waals surface area contributed by atoms with Crippen LogP contribution < -0.4 is 0 Å². The maximum atomic E-state index is 13.2. The summed E-state index contributed by atoms with van der Waals surface area (Å²) in [7, 11) is 0. The second-order valence-electron chi connectivity index (χ2n) is 8.54. The normalized spacial score (nSPS) is 18.1. The molecule has 0 bridgehead atoms. The molecular formula is C24H15ClN6O4. The largest absolute Gasteiger partial charge is 0.332 e. The molecule has 4 aromatic rings. The Kier molecular flexibility index (Phi) is 4.07. The van der Waals surface area contributed by atoms with Gasteiger partial charge in [-0.2, -0.15) is 4.98 Å². The van der Waals surface area contributed by atoms with Crippen LogP contribution in [0, 0.1) is 0 Å². The third kappa shape index (κ3) is 2.71. The van der Waals surface area contributed by atoms with Gasteiger partial charge in [-0.05, 0) is 30.7 Å². The number of carbonyl (C=O) groups is 3. The Bertz CT molecular complexity index is 1560. The Balaban J connectivity index is 1.26. The van der Waals surface area contributed by atoms with Gasteiger partial charge in [-0.25, -0.2) is 4.98 Å². The molecule has 2 aromatic carbocycles.